The van der Waals surface area contributed by atoms with Gasteiger partial charge in [0.15, 0.2) is 0 Å². The van der Waals surface area contributed by atoms with Gasteiger partial charge in [0, 0.05) is 12.3 Å². The van der Waals surface area contributed by atoms with Crippen LogP contribution in [-0.2, 0) is 9.53 Å². The molecule has 3 fully saturated rings. The lowest BCUT2D eigenvalue weighted by atomic mass is 9.70. The molecule has 0 aromatic heterocycles. The summed E-state index contributed by atoms with van der Waals surface area (Å²) in [6.45, 7) is 4.04. The smallest absolute Gasteiger partial charge is 0.311 e. The lowest BCUT2D eigenvalue weighted by molar-refractivity contribution is -0.142. The minimum atomic E-state index is -0.0216. The quantitative estimate of drug-likeness (QED) is 0.430. The zero-order valence-electron chi connectivity index (χ0n) is 15.4. The van der Waals surface area contributed by atoms with Crippen molar-refractivity contribution in [2.75, 3.05) is 0 Å². The highest BCUT2D eigenvalue weighted by molar-refractivity contribution is 5.70. The average Bonchev–Trinajstić information content (AvgIpc) is 2.64. The molecular weight excluding hydrogens is 296 g/mol. The van der Waals surface area contributed by atoms with Gasteiger partial charge in [0.05, 0.1) is 0 Å². The van der Waals surface area contributed by atoms with Gasteiger partial charge in [-0.05, 0) is 56.3 Å². The zero-order valence-corrected chi connectivity index (χ0v) is 15.4. The van der Waals surface area contributed by atoms with E-state index in [0.29, 0.717) is 18.3 Å². The molecule has 0 unspecified atom stereocenters. The van der Waals surface area contributed by atoms with Crippen molar-refractivity contribution in [1.29, 1.82) is 0 Å². The molecule has 136 valence electrons. The summed E-state index contributed by atoms with van der Waals surface area (Å²) < 4.78 is 5.60. The second-order valence-corrected chi connectivity index (χ2v) is 8.66. The molecule has 0 aromatic rings. The lowest BCUT2D eigenvalue weighted by Gasteiger charge is -2.35. The van der Waals surface area contributed by atoms with E-state index in [0.717, 1.165) is 30.4 Å². The maximum absolute atomic E-state index is 12.3. The molecular formula is C22H36O2. The van der Waals surface area contributed by atoms with Gasteiger partial charge in [-0.1, -0.05) is 57.9 Å². The molecule has 0 spiro atoms. The fourth-order valence-corrected chi connectivity index (χ4v) is 5.40. The van der Waals surface area contributed by atoms with E-state index in [4.69, 9.17) is 4.74 Å². The van der Waals surface area contributed by atoms with Crippen LogP contribution in [0.4, 0.5) is 0 Å². The van der Waals surface area contributed by atoms with Crippen molar-refractivity contribution in [3.8, 4) is 0 Å². The number of ether oxygens (including phenoxy) is 1. The lowest BCUT2D eigenvalue weighted by Crippen LogP contribution is -2.25. The van der Waals surface area contributed by atoms with Crippen molar-refractivity contribution < 1.29 is 9.53 Å². The van der Waals surface area contributed by atoms with E-state index in [9.17, 15) is 4.79 Å². The molecule has 3 rings (SSSR count). The molecule has 0 radical (unpaired) electrons. The van der Waals surface area contributed by atoms with Crippen molar-refractivity contribution in [3.63, 3.8) is 0 Å². The molecule has 0 aliphatic heterocycles. The number of hydrogen-bond donors (Lipinski definition) is 0. The number of esters is 1. The van der Waals surface area contributed by atoms with Crippen LogP contribution in [-0.4, -0.2) is 5.97 Å². The Morgan fingerprint density at radius 2 is 1.29 bits per heavy atom. The van der Waals surface area contributed by atoms with Gasteiger partial charge >= 0.3 is 5.97 Å². The molecule has 0 amide bonds. The van der Waals surface area contributed by atoms with Gasteiger partial charge in [-0.3, -0.25) is 4.79 Å². The first-order chi connectivity index (χ1) is 11.7. The van der Waals surface area contributed by atoms with Gasteiger partial charge in [-0.15, -0.1) is 0 Å². The summed E-state index contributed by atoms with van der Waals surface area (Å²) in [5.74, 6) is 3.62. The van der Waals surface area contributed by atoms with Crippen LogP contribution in [0.2, 0.25) is 0 Å². The van der Waals surface area contributed by atoms with E-state index in [1.54, 1.807) is 0 Å². The first-order valence-electron chi connectivity index (χ1n) is 10.6. The van der Waals surface area contributed by atoms with E-state index >= 15 is 0 Å². The second kappa shape index (κ2) is 9.06. The highest BCUT2D eigenvalue weighted by Crippen LogP contribution is 2.41. The van der Waals surface area contributed by atoms with Gasteiger partial charge in [0.2, 0.25) is 0 Å². The van der Waals surface area contributed by atoms with Gasteiger partial charge in [-0.25, -0.2) is 0 Å². The van der Waals surface area contributed by atoms with Gasteiger partial charge in [0.25, 0.3) is 0 Å². The Balaban J connectivity index is 1.36. The van der Waals surface area contributed by atoms with Crippen LogP contribution in [0.15, 0.2) is 12.3 Å². The first kappa shape index (κ1) is 18.0. The summed E-state index contributed by atoms with van der Waals surface area (Å²) in [6, 6.07) is 0. The SMILES string of the molecule is C=C(OC(=O)CC1CCC(C2CCCCC2)CC1)C1CCCCC1. The number of carbonyl (C=O) groups excluding carboxylic acids is 1. The van der Waals surface area contributed by atoms with Crippen LogP contribution < -0.4 is 0 Å². The van der Waals surface area contributed by atoms with E-state index in [1.807, 2.05) is 0 Å². The van der Waals surface area contributed by atoms with E-state index in [-0.39, 0.29) is 5.97 Å². The van der Waals surface area contributed by atoms with Crippen LogP contribution in [0, 0.1) is 23.7 Å². The maximum atomic E-state index is 12.3. The van der Waals surface area contributed by atoms with Crippen molar-refractivity contribution in [2.24, 2.45) is 23.7 Å². The Labute approximate surface area is 148 Å². The molecule has 0 atom stereocenters. The fraction of sp³-hybridized carbons (Fsp3) is 0.864. The standard InChI is InChI=1S/C22H36O2/c1-17(19-8-4-2-5-9-19)24-22(23)16-18-12-14-21(15-13-18)20-10-6-3-7-11-20/h18-21H,1-16H2. The molecule has 0 saturated heterocycles. The highest BCUT2D eigenvalue weighted by Gasteiger charge is 2.30. The largest absolute Gasteiger partial charge is 0.431 e. The summed E-state index contributed by atoms with van der Waals surface area (Å²) in [7, 11) is 0. The van der Waals surface area contributed by atoms with Gasteiger partial charge in [0.1, 0.15) is 5.76 Å². The Morgan fingerprint density at radius 3 is 1.92 bits per heavy atom. The molecule has 3 aliphatic rings. The summed E-state index contributed by atoms with van der Waals surface area (Å²) in [5, 5.41) is 0. The highest BCUT2D eigenvalue weighted by atomic mass is 16.5. The number of rotatable bonds is 5. The summed E-state index contributed by atoms with van der Waals surface area (Å²) in [4.78, 5) is 12.3. The fourth-order valence-electron chi connectivity index (χ4n) is 5.40. The molecule has 2 heteroatoms. The second-order valence-electron chi connectivity index (χ2n) is 8.66. The molecule has 3 saturated carbocycles. The number of hydrogen-bond acceptors (Lipinski definition) is 2. The minimum Gasteiger partial charge on any atom is -0.431 e. The van der Waals surface area contributed by atoms with Crippen LogP contribution in [0.3, 0.4) is 0 Å². The zero-order chi connectivity index (χ0) is 16.8. The predicted octanol–water partition coefficient (Wildman–Crippen LogP) is 6.40. The third-order valence-corrected chi connectivity index (χ3v) is 6.97. The molecule has 0 aromatic carbocycles. The summed E-state index contributed by atoms with van der Waals surface area (Å²) in [6.07, 6.45) is 19.1. The summed E-state index contributed by atoms with van der Waals surface area (Å²) in [5.41, 5.74) is 0. The van der Waals surface area contributed by atoms with E-state index < -0.39 is 0 Å². The monoisotopic (exact) mass is 332 g/mol. The normalized spacial score (nSPS) is 30.0. The van der Waals surface area contributed by atoms with Crippen LogP contribution in [0.5, 0.6) is 0 Å². The molecule has 0 bridgehead atoms. The van der Waals surface area contributed by atoms with E-state index in [1.165, 1.54) is 77.0 Å². The van der Waals surface area contributed by atoms with Crippen molar-refractivity contribution >= 4 is 5.97 Å². The van der Waals surface area contributed by atoms with Crippen LogP contribution in [0.1, 0.15) is 96.3 Å². The molecule has 24 heavy (non-hydrogen) atoms. The van der Waals surface area contributed by atoms with Crippen molar-refractivity contribution in [2.45, 2.75) is 96.3 Å². The Morgan fingerprint density at radius 1 is 0.750 bits per heavy atom. The van der Waals surface area contributed by atoms with E-state index in [2.05, 4.69) is 6.58 Å². The topological polar surface area (TPSA) is 26.3 Å². The van der Waals surface area contributed by atoms with Crippen LogP contribution in [0.25, 0.3) is 0 Å². The Kier molecular flexibility index (Phi) is 6.80. The Bertz CT molecular complexity index is 408. The van der Waals surface area contributed by atoms with Crippen LogP contribution >= 0.6 is 0 Å². The summed E-state index contributed by atoms with van der Waals surface area (Å²) >= 11 is 0. The minimum absolute atomic E-state index is 0.0216. The number of allylic oxidation sites excluding steroid dienone is 1. The van der Waals surface area contributed by atoms with Crippen molar-refractivity contribution in [3.05, 3.63) is 12.3 Å². The Hall–Kier alpha value is -0.790. The maximum Gasteiger partial charge on any atom is 0.311 e. The average molecular weight is 333 g/mol. The third-order valence-electron chi connectivity index (χ3n) is 6.97. The van der Waals surface area contributed by atoms with Gasteiger partial charge in [-0.2, -0.15) is 0 Å². The molecule has 0 heterocycles. The first-order valence-corrected chi connectivity index (χ1v) is 10.6. The number of carbonyl (C=O) groups is 1. The molecule has 3 aliphatic carbocycles. The predicted molar refractivity (Wildman–Crippen MR) is 98.4 cm³/mol. The van der Waals surface area contributed by atoms with Crippen molar-refractivity contribution in [1.82, 2.24) is 0 Å². The molecule has 0 N–H and O–H groups in total. The third kappa shape index (κ3) is 5.10. The molecule has 2 nitrogen and oxygen atoms in total. The van der Waals surface area contributed by atoms with Gasteiger partial charge < -0.3 is 4.74 Å².